The number of nitrogens with zero attached hydrogens (tertiary/aromatic N) is 2. The summed E-state index contributed by atoms with van der Waals surface area (Å²) in [5.41, 5.74) is 1.13. The largest absolute Gasteiger partial charge is 0.350 e. The number of carbonyl (C=O) groups excluding carboxylic acids is 1. The molecule has 1 aromatic heterocycles. The molecule has 1 aliphatic carbocycles. The lowest BCUT2D eigenvalue weighted by atomic mass is 9.85. The molecular weight excluding hydrogens is 228 g/mol. The third-order valence-electron chi connectivity index (χ3n) is 3.98. The van der Waals surface area contributed by atoms with Gasteiger partial charge in [-0.3, -0.25) is 4.79 Å². The Morgan fingerprint density at radius 2 is 2.39 bits per heavy atom. The number of fused-ring (bicyclic) bond motifs is 1. The van der Waals surface area contributed by atoms with Crippen LogP contribution in [-0.4, -0.2) is 28.5 Å². The molecule has 0 saturated heterocycles. The number of aromatic nitrogens is 2. The van der Waals surface area contributed by atoms with Gasteiger partial charge >= 0.3 is 0 Å². The minimum Gasteiger partial charge on any atom is -0.350 e. The molecular formula is C13H20N4O. The summed E-state index contributed by atoms with van der Waals surface area (Å²) in [6, 6.07) is 0. The normalized spacial score (nSPS) is 19.8. The molecule has 2 heterocycles. The monoisotopic (exact) mass is 248 g/mol. The van der Waals surface area contributed by atoms with Gasteiger partial charge in [0.2, 0.25) is 5.91 Å². The quantitative estimate of drug-likeness (QED) is 0.816. The van der Waals surface area contributed by atoms with Gasteiger partial charge in [0.05, 0.1) is 18.4 Å². The van der Waals surface area contributed by atoms with E-state index < -0.39 is 0 Å². The van der Waals surface area contributed by atoms with Crippen LogP contribution in [-0.2, 0) is 24.3 Å². The summed E-state index contributed by atoms with van der Waals surface area (Å²) < 4.78 is 2.24. The Bertz CT molecular complexity index is 436. The Kier molecular flexibility index (Phi) is 3.32. The lowest BCUT2D eigenvalue weighted by Gasteiger charge is -2.24. The van der Waals surface area contributed by atoms with Gasteiger partial charge in [0.25, 0.3) is 0 Å². The Hall–Kier alpha value is -1.36. The van der Waals surface area contributed by atoms with Gasteiger partial charge in [0.1, 0.15) is 5.82 Å². The van der Waals surface area contributed by atoms with E-state index in [1.54, 1.807) is 0 Å². The second kappa shape index (κ2) is 5.10. The molecule has 1 aliphatic heterocycles. The highest BCUT2D eigenvalue weighted by atomic mass is 16.1. The minimum atomic E-state index is 0.212. The Morgan fingerprint density at radius 3 is 3.17 bits per heavy atom. The molecule has 0 aromatic carbocycles. The summed E-state index contributed by atoms with van der Waals surface area (Å²) in [5, 5.41) is 6.40. The molecule has 0 unspecified atom stereocenters. The SMILES string of the molecule is O=C(NCc1cnc2n1CCNCC2)C1CCC1. The van der Waals surface area contributed by atoms with Gasteiger partial charge in [-0.25, -0.2) is 4.98 Å². The second-order valence-corrected chi connectivity index (χ2v) is 5.16. The summed E-state index contributed by atoms with van der Waals surface area (Å²) >= 11 is 0. The second-order valence-electron chi connectivity index (χ2n) is 5.16. The molecule has 2 N–H and O–H groups in total. The first-order valence-electron chi connectivity index (χ1n) is 6.86. The number of hydrogen-bond donors (Lipinski definition) is 2. The fourth-order valence-corrected chi connectivity index (χ4v) is 2.58. The minimum absolute atomic E-state index is 0.212. The summed E-state index contributed by atoms with van der Waals surface area (Å²) in [5.74, 6) is 1.61. The van der Waals surface area contributed by atoms with Crippen molar-refractivity contribution in [3.63, 3.8) is 0 Å². The van der Waals surface area contributed by atoms with Gasteiger partial charge in [-0.15, -0.1) is 0 Å². The van der Waals surface area contributed by atoms with Gasteiger partial charge < -0.3 is 15.2 Å². The highest BCUT2D eigenvalue weighted by Gasteiger charge is 2.25. The van der Waals surface area contributed by atoms with Gasteiger partial charge in [-0.1, -0.05) is 6.42 Å². The van der Waals surface area contributed by atoms with Crippen LogP contribution in [0.25, 0.3) is 0 Å². The van der Waals surface area contributed by atoms with Crippen molar-refractivity contribution in [3.05, 3.63) is 17.7 Å². The van der Waals surface area contributed by atoms with E-state index in [9.17, 15) is 4.79 Å². The molecule has 0 bridgehead atoms. The lowest BCUT2D eigenvalue weighted by Crippen LogP contribution is -2.34. The predicted molar refractivity (Wildman–Crippen MR) is 68.0 cm³/mol. The first-order chi connectivity index (χ1) is 8.84. The van der Waals surface area contributed by atoms with Crippen molar-refractivity contribution < 1.29 is 4.79 Å². The van der Waals surface area contributed by atoms with Crippen molar-refractivity contribution in [3.8, 4) is 0 Å². The Morgan fingerprint density at radius 1 is 1.50 bits per heavy atom. The molecule has 5 nitrogen and oxygen atoms in total. The third-order valence-corrected chi connectivity index (χ3v) is 3.98. The number of rotatable bonds is 3. The molecule has 3 rings (SSSR count). The molecule has 1 amide bonds. The topological polar surface area (TPSA) is 59.0 Å². The van der Waals surface area contributed by atoms with Crippen molar-refractivity contribution in [2.45, 2.75) is 38.8 Å². The summed E-state index contributed by atoms with van der Waals surface area (Å²) in [6.45, 7) is 3.53. The van der Waals surface area contributed by atoms with E-state index >= 15 is 0 Å². The van der Waals surface area contributed by atoms with E-state index in [0.717, 1.165) is 50.4 Å². The van der Waals surface area contributed by atoms with Crippen LogP contribution in [0.5, 0.6) is 0 Å². The molecule has 18 heavy (non-hydrogen) atoms. The van der Waals surface area contributed by atoms with Crippen molar-refractivity contribution >= 4 is 5.91 Å². The predicted octanol–water partition coefficient (Wildman–Crippen LogP) is 0.445. The van der Waals surface area contributed by atoms with Crippen LogP contribution in [0.15, 0.2) is 6.20 Å². The van der Waals surface area contributed by atoms with Crippen LogP contribution in [0.4, 0.5) is 0 Å². The lowest BCUT2D eigenvalue weighted by molar-refractivity contribution is -0.127. The van der Waals surface area contributed by atoms with Gasteiger partial charge in [-0.2, -0.15) is 0 Å². The molecule has 98 valence electrons. The number of carbonyl (C=O) groups is 1. The summed E-state index contributed by atoms with van der Waals surface area (Å²) in [4.78, 5) is 16.2. The van der Waals surface area contributed by atoms with Crippen molar-refractivity contribution in [2.75, 3.05) is 13.1 Å². The third kappa shape index (κ3) is 2.27. The van der Waals surface area contributed by atoms with Gasteiger partial charge in [0.15, 0.2) is 0 Å². The standard InChI is InChI=1S/C13H20N4O/c18-13(10-2-1-3-10)16-9-11-8-15-12-4-5-14-6-7-17(11)12/h8,10,14H,1-7,9H2,(H,16,18). The van der Waals surface area contributed by atoms with Crippen LogP contribution in [0.1, 0.15) is 30.8 Å². The first-order valence-corrected chi connectivity index (χ1v) is 6.86. The van der Waals surface area contributed by atoms with Gasteiger partial charge in [0, 0.05) is 32.0 Å². The average Bonchev–Trinajstić information content (AvgIpc) is 2.53. The fraction of sp³-hybridized carbons (Fsp3) is 0.692. The highest BCUT2D eigenvalue weighted by Crippen LogP contribution is 2.26. The van der Waals surface area contributed by atoms with Crippen LogP contribution in [0.2, 0.25) is 0 Å². The smallest absolute Gasteiger partial charge is 0.223 e. The maximum absolute atomic E-state index is 11.8. The van der Waals surface area contributed by atoms with E-state index in [-0.39, 0.29) is 11.8 Å². The molecule has 1 fully saturated rings. The molecule has 0 radical (unpaired) electrons. The van der Waals surface area contributed by atoms with Crippen LogP contribution < -0.4 is 10.6 Å². The zero-order valence-electron chi connectivity index (χ0n) is 10.6. The summed E-state index contributed by atoms with van der Waals surface area (Å²) in [6.07, 6.45) is 6.19. The van der Waals surface area contributed by atoms with E-state index in [4.69, 9.17) is 0 Å². The molecule has 0 atom stereocenters. The zero-order chi connectivity index (χ0) is 12.4. The van der Waals surface area contributed by atoms with E-state index in [1.165, 1.54) is 6.42 Å². The Balaban J connectivity index is 1.62. The van der Waals surface area contributed by atoms with Crippen molar-refractivity contribution in [1.29, 1.82) is 0 Å². The highest BCUT2D eigenvalue weighted by molar-refractivity contribution is 5.79. The molecule has 5 heteroatoms. The molecule has 1 aromatic rings. The fourth-order valence-electron chi connectivity index (χ4n) is 2.58. The Labute approximate surface area is 107 Å². The van der Waals surface area contributed by atoms with E-state index in [2.05, 4.69) is 20.2 Å². The van der Waals surface area contributed by atoms with Crippen LogP contribution >= 0.6 is 0 Å². The van der Waals surface area contributed by atoms with Crippen molar-refractivity contribution in [2.24, 2.45) is 5.92 Å². The maximum atomic E-state index is 11.8. The number of nitrogens with one attached hydrogen (secondary N) is 2. The first kappa shape index (κ1) is 11.7. The number of hydrogen-bond acceptors (Lipinski definition) is 3. The zero-order valence-corrected chi connectivity index (χ0v) is 10.6. The van der Waals surface area contributed by atoms with Gasteiger partial charge in [-0.05, 0) is 12.8 Å². The van der Waals surface area contributed by atoms with Crippen LogP contribution in [0, 0.1) is 5.92 Å². The number of imidazole rings is 1. The van der Waals surface area contributed by atoms with E-state index in [1.807, 2.05) is 6.20 Å². The molecule has 2 aliphatic rings. The van der Waals surface area contributed by atoms with Crippen LogP contribution in [0.3, 0.4) is 0 Å². The van der Waals surface area contributed by atoms with E-state index in [0.29, 0.717) is 6.54 Å². The molecule has 1 saturated carbocycles. The van der Waals surface area contributed by atoms with Crippen molar-refractivity contribution in [1.82, 2.24) is 20.2 Å². The maximum Gasteiger partial charge on any atom is 0.223 e. The summed E-state index contributed by atoms with van der Waals surface area (Å²) in [7, 11) is 0. The average molecular weight is 248 g/mol. The molecule has 0 spiro atoms. The number of amides is 1.